The fourth-order valence-electron chi connectivity index (χ4n) is 1.62. The molecule has 0 aromatic heterocycles. The van der Waals surface area contributed by atoms with Gasteiger partial charge in [0.1, 0.15) is 5.75 Å². The highest BCUT2D eigenvalue weighted by Gasteiger charge is 2.13. The van der Waals surface area contributed by atoms with Crippen molar-refractivity contribution in [3.63, 3.8) is 0 Å². The smallest absolute Gasteiger partial charge is 0.166 e. The molecule has 2 aromatic rings. The zero-order chi connectivity index (χ0) is 14.0. The van der Waals surface area contributed by atoms with Crippen LogP contribution in [0.2, 0.25) is 0 Å². The average Bonchev–Trinajstić information content (AvgIpc) is 2.32. The van der Waals surface area contributed by atoms with Gasteiger partial charge < -0.3 is 9.84 Å². The molecule has 0 spiro atoms. The van der Waals surface area contributed by atoms with Crippen LogP contribution in [0.25, 0.3) is 0 Å². The predicted molar refractivity (Wildman–Crippen MR) is 78.9 cm³/mol. The van der Waals surface area contributed by atoms with Crippen LogP contribution in [0, 0.1) is 5.82 Å². The number of ether oxygens (including phenoxy) is 1. The Labute approximate surface area is 127 Å². The third kappa shape index (κ3) is 3.55. The number of rotatable bonds is 3. The fraction of sp³-hybridized carbons (Fsp3) is 0.143. The number of hydrogen-bond acceptors (Lipinski definition) is 2. The number of aliphatic hydroxyl groups is 1. The van der Waals surface area contributed by atoms with Crippen molar-refractivity contribution in [1.29, 1.82) is 0 Å². The number of halogens is 3. The largest absolute Gasteiger partial charge is 0.454 e. The minimum atomic E-state index is -0.693. The molecule has 2 rings (SSSR count). The van der Waals surface area contributed by atoms with Gasteiger partial charge >= 0.3 is 0 Å². The Kier molecular flexibility index (Phi) is 4.60. The van der Waals surface area contributed by atoms with Crippen LogP contribution in [0.4, 0.5) is 4.39 Å². The fourth-order valence-corrected chi connectivity index (χ4v) is 2.29. The van der Waals surface area contributed by atoms with E-state index in [4.69, 9.17) is 4.74 Å². The molecule has 2 aromatic carbocycles. The van der Waals surface area contributed by atoms with Crippen LogP contribution in [0.5, 0.6) is 11.5 Å². The second-order valence-electron chi connectivity index (χ2n) is 4.03. The molecule has 19 heavy (non-hydrogen) atoms. The number of hydrogen-bond donors (Lipinski definition) is 1. The lowest BCUT2D eigenvalue weighted by Crippen LogP contribution is -1.97. The van der Waals surface area contributed by atoms with E-state index in [1.807, 2.05) is 0 Å². The Morgan fingerprint density at radius 2 is 1.68 bits per heavy atom. The lowest BCUT2D eigenvalue weighted by atomic mass is 10.1. The van der Waals surface area contributed by atoms with Crippen molar-refractivity contribution >= 4 is 31.9 Å². The van der Waals surface area contributed by atoms with Crippen molar-refractivity contribution < 1.29 is 14.2 Å². The van der Waals surface area contributed by atoms with Gasteiger partial charge in [0.05, 0.1) is 6.10 Å². The maximum absolute atomic E-state index is 13.7. The predicted octanol–water partition coefficient (Wildman–Crippen LogP) is 5.20. The van der Waals surface area contributed by atoms with Crippen LogP contribution < -0.4 is 4.74 Å². The maximum atomic E-state index is 13.7. The summed E-state index contributed by atoms with van der Waals surface area (Å²) in [4.78, 5) is 0. The van der Waals surface area contributed by atoms with Crippen LogP contribution in [0.1, 0.15) is 18.6 Å². The average molecular weight is 390 g/mol. The summed E-state index contributed by atoms with van der Waals surface area (Å²) in [6.07, 6.45) is -0.693. The third-order valence-corrected chi connectivity index (χ3v) is 3.53. The number of benzene rings is 2. The molecule has 0 heterocycles. The molecular formula is C14H11Br2FO2. The van der Waals surface area contributed by atoms with Crippen molar-refractivity contribution in [1.82, 2.24) is 0 Å². The molecule has 0 aliphatic rings. The zero-order valence-corrected chi connectivity index (χ0v) is 13.2. The molecule has 1 N–H and O–H groups in total. The molecule has 0 aliphatic carbocycles. The van der Waals surface area contributed by atoms with E-state index in [1.165, 1.54) is 12.1 Å². The van der Waals surface area contributed by atoms with Crippen molar-refractivity contribution in [2.45, 2.75) is 13.0 Å². The molecule has 1 atom stereocenters. The molecule has 0 aliphatic heterocycles. The molecule has 0 radical (unpaired) electrons. The third-order valence-electron chi connectivity index (χ3n) is 2.54. The Morgan fingerprint density at radius 1 is 1.05 bits per heavy atom. The van der Waals surface area contributed by atoms with Gasteiger partial charge in [-0.2, -0.15) is 0 Å². The van der Waals surface area contributed by atoms with E-state index in [1.54, 1.807) is 31.2 Å². The molecule has 100 valence electrons. The van der Waals surface area contributed by atoms with Crippen LogP contribution >= 0.6 is 31.9 Å². The molecular weight excluding hydrogens is 379 g/mol. The van der Waals surface area contributed by atoms with Gasteiger partial charge in [-0.05, 0) is 37.3 Å². The molecule has 5 heteroatoms. The summed E-state index contributed by atoms with van der Waals surface area (Å²) in [5.74, 6) is 0.0692. The molecule has 0 saturated carbocycles. The van der Waals surface area contributed by atoms with Crippen LogP contribution in [-0.2, 0) is 0 Å². The number of aliphatic hydroxyl groups excluding tert-OH is 1. The van der Waals surface area contributed by atoms with E-state index in [9.17, 15) is 9.50 Å². The molecule has 0 amide bonds. The van der Waals surface area contributed by atoms with Gasteiger partial charge in [0.15, 0.2) is 11.6 Å². The monoisotopic (exact) mass is 388 g/mol. The van der Waals surface area contributed by atoms with Gasteiger partial charge in [-0.3, -0.25) is 0 Å². The van der Waals surface area contributed by atoms with E-state index >= 15 is 0 Å². The van der Waals surface area contributed by atoms with Crippen molar-refractivity contribution in [2.75, 3.05) is 0 Å². The van der Waals surface area contributed by atoms with Gasteiger partial charge in [0.25, 0.3) is 0 Å². The van der Waals surface area contributed by atoms with Crippen molar-refractivity contribution in [2.24, 2.45) is 0 Å². The van der Waals surface area contributed by atoms with E-state index in [-0.39, 0.29) is 5.75 Å². The van der Waals surface area contributed by atoms with E-state index in [2.05, 4.69) is 31.9 Å². The normalized spacial score (nSPS) is 12.3. The molecule has 2 nitrogen and oxygen atoms in total. The van der Waals surface area contributed by atoms with Gasteiger partial charge in [-0.25, -0.2) is 4.39 Å². The Hall–Kier alpha value is -0.910. The highest BCUT2D eigenvalue weighted by atomic mass is 79.9. The van der Waals surface area contributed by atoms with Gasteiger partial charge in [0, 0.05) is 14.5 Å². The van der Waals surface area contributed by atoms with E-state index < -0.39 is 11.9 Å². The van der Waals surface area contributed by atoms with Crippen LogP contribution in [-0.4, -0.2) is 5.11 Å². The topological polar surface area (TPSA) is 29.5 Å². The summed E-state index contributed by atoms with van der Waals surface area (Å²) in [6.45, 7) is 1.63. The summed E-state index contributed by atoms with van der Waals surface area (Å²) in [5, 5.41) is 9.69. The zero-order valence-electron chi connectivity index (χ0n) is 10.0. The quantitative estimate of drug-likeness (QED) is 0.781. The Bertz CT molecular complexity index is 600. The molecule has 1 unspecified atom stereocenters. The Morgan fingerprint density at radius 3 is 2.32 bits per heavy atom. The van der Waals surface area contributed by atoms with E-state index in [0.29, 0.717) is 15.8 Å². The highest BCUT2D eigenvalue weighted by molar-refractivity contribution is 9.10. The first-order valence-electron chi connectivity index (χ1n) is 5.58. The summed E-state index contributed by atoms with van der Waals surface area (Å²) < 4.78 is 20.7. The molecule has 0 saturated heterocycles. The first-order chi connectivity index (χ1) is 8.97. The standard InChI is InChI=1S/C14H11Br2FO2/c1-8(18)11-4-2-10(16)7-14(11)19-13-5-3-9(15)6-12(13)17/h2-8,18H,1H3. The second kappa shape index (κ2) is 6.03. The molecule has 0 bridgehead atoms. The lowest BCUT2D eigenvalue weighted by molar-refractivity contribution is 0.195. The Balaban J connectivity index is 2.39. The minimum Gasteiger partial charge on any atom is -0.454 e. The summed E-state index contributed by atoms with van der Waals surface area (Å²) in [6, 6.07) is 9.79. The minimum absolute atomic E-state index is 0.114. The molecule has 0 fully saturated rings. The maximum Gasteiger partial charge on any atom is 0.166 e. The van der Waals surface area contributed by atoms with Crippen LogP contribution in [0.15, 0.2) is 45.3 Å². The van der Waals surface area contributed by atoms with Crippen LogP contribution in [0.3, 0.4) is 0 Å². The second-order valence-corrected chi connectivity index (χ2v) is 5.87. The van der Waals surface area contributed by atoms with Gasteiger partial charge in [0.2, 0.25) is 0 Å². The SMILES string of the molecule is CC(O)c1ccc(Br)cc1Oc1ccc(Br)cc1F. The van der Waals surface area contributed by atoms with E-state index in [0.717, 1.165) is 4.47 Å². The summed E-state index contributed by atoms with van der Waals surface area (Å²) in [5.41, 5.74) is 0.602. The lowest BCUT2D eigenvalue weighted by Gasteiger charge is -2.14. The summed E-state index contributed by atoms with van der Waals surface area (Å²) in [7, 11) is 0. The van der Waals surface area contributed by atoms with Crippen molar-refractivity contribution in [3.8, 4) is 11.5 Å². The van der Waals surface area contributed by atoms with Gasteiger partial charge in [-0.1, -0.05) is 37.9 Å². The van der Waals surface area contributed by atoms with Crippen molar-refractivity contribution in [3.05, 3.63) is 56.7 Å². The van der Waals surface area contributed by atoms with Gasteiger partial charge in [-0.15, -0.1) is 0 Å². The summed E-state index contributed by atoms with van der Waals surface area (Å²) >= 11 is 6.51. The first kappa shape index (κ1) is 14.5. The highest BCUT2D eigenvalue weighted by Crippen LogP contribution is 2.34. The first-order valence-corrected chi connectivity index (χ1v) is 7.16.